The standard InChI is InChI=1S/C11H22N2O4/c1-16-6-7-17-9-11(14)8-13-4-2-10(12-15)3-5-13/h11,14-15H,2-9H2,1H3. The van der Waals surface area contributed by atoms with Crippen molar-refractivity contribution in [2.24, 2.45) is 5.16 Å². The average molecular weight is 246 g/mol. The molecular formula is C11H22N2O4. The van der Waals surface area contributed by atoms with Gasteiger partial charge in [-0.3, -0.25) is 4.90 Å². The van der Waals surface area contributed by atoms with Crippen LogP contribution < -0.4 is 0 Å². The molecule has 0 amide bonds. The molecule has 1 unspecified atom stereocenters. The van der Waals surface area contributed by atoms with Gasteiger partial charge in [0, 0.05) is 39.6 Å². The second-order valence-electron chi connectivity index (χ2n) is 4.19. The van der Waals surface area contributed by atoms with Crippen LogP contribution in [-0.2, 0) is 9.47 Å². The van der Waals surface area contributed by atoms with Crippen molar-refractivity contribution in [2.45, 2.75) is 18.9 Å². The van der Waals surface area contributed by atoms with Crippen LogP contribution in [0.15, 0.2) is 5.16 Å². The zero-order valence-electron chi connectivity index (χ0n) is 10.3. The Morgan fingerprint density at radius 1 is 1.35 bits per heavy atom. The Morgan fingerprint density at radius 3 is 2.65 bits per heavy atom. The van der Waals surface area contributed by atoms with E-state index in [-0.39, 0.29) is 0 Å². The van der Waals surface area contributed by atoms with Gasteiger partial charge in [-0.1, -0.05) is 5.16 Å². The summed E-state index contributed by atoms with van der Waals surface area (Å²) in [6.45, 7) is 3.65. The van der Waals surface area contributed by atoms with E-state index >= 15 is 0 Å². The number of aliphatic hydroxyl groups is 1. The highest BCUT2D eigenvalue weighted by Crippen LogP contribution is 2.07. The van der Waals surface area contributed by atoms with Crippen molar-refractivity contribution in [1.82, 2.24) is 4.90 Å². The molecule has 1 aliphatic heterocycles. The molecule has 1 heterocycles. The smallest absolute Gasteiger partial charge is 0.0900 e. The van der Waals surface area contributed by atoms with E-state index in [4.69, 9.17) is 14.7 Å². The molecule has 0 spiro atoms. The van der Waals surface area contributed by atoms with E-state index in [0.717, 1.165) is 31.6 Å². The molecule has 1 fully saturated rings. The maximum absolute atomic E-state index is 9.74. The van der Waals surface area contributed by atoms with Gasteiger partial charge < -0.3 is 19.8 Å². The first-order valence-electron chi connectivity index (χ1n) is 5.93. The molecule has 0 bridgehead atoms. The van der Waals surface area contributed by atoms with Crippen molar-refractivity contribution in [3.05, 3.63) is 0 Å². The van der Waals surface area contributed by atoms with Gasteiger partial charge >= 0.3 is 0 Å². The third-order valence-corrected chi connectivity index (χ3v) is 2.79. The average Bonchev–Trinajstić information content (AvgIpc) is 2.36. The lowest BCUT2D eigenvalue weighted by Gasteiger charge is -2.28. The number of hydrogen-bond donors (Lipinski definition) is 2. The number of likely N-dealkylation sites (tertiary alicyclic amines) is 1. The van der Waals surface area contributed by atoms with Gasteiger partial charge in [-0.05, 0) is 0 Å². The fraction of sp³-hybridized carbons (Fsp3) is 0.909. The summed E-state index contributed by atoms with van der Waals surface area (Å²) in [5.74, 6) is 0. The van der Waals surface area contributed by atoms with E-state index in [1.54, 1.807) is 7.11 Å². The van der Waals surface area contributed by atoms with Crippen LogP contribution in [0.5, 0.6) is 0 Å². The van der Waals surface area contributed by atoms with Crippen molar-refractivity contribution in [3.63, 3.8) is 0 Å². The van der Waals surface area contributed by atoms with E-state index in [1.165, 1.54) is 0 Å². The quantitative estimate of drug-likeness (QED) is 0.374. The molecule has 0 aromatic carbocycles. The predicted octanol–water partition coefficient (Wildman–Crippen LogP) is -0.0637. The minimum Gasteiger partial charge on any atom is -0.411 e. The minimum atomic E-state index is -0.473. The van der Waals surface area contributed by atoms with Crippen LogP contribution in [0.3, 0.4) is 0 Å². The van der Waals surface area contributed by atoms with Crippen LogP contribution in [0, 0.1) is 0 Å². The number of oxime groups is 1. The Morgan fingerprint density at radius 2 is 2.06 bits per heavy atom. The highest BCUT2D eigenvalue weighted by molar-refractivity contribution is 5.84. The second-order valence-corrected chi connectivity index (χ2v) is 4.19. The van der Waals surface area contributed by atoms with Crippen LogP contribution in [-0.4, -0.2) is 73.6 Å². The van der Waals surface area contributed by atoms with Gasteiger partial charge in [0.1, 0.15) is 0 Å². The summed E-state index contributed by atoms with van der Waals surface area (Å²) in [5, 5.41) is 21.6. The van der Waals surface area contributed by atoms with Gasteiger partial charge in [0.15, 0.2) is 0 Å². The van der Waals surface area contributed by atoms with Crippen molar-refractivity contribution in [1.29, 1.82) is 0 Å². The number of rotatable bonds is 7. The van der Waals surface area contributed by atoms with E-state index in [9.17, 15) is 5.11 Å². The van der Waals surface area contributed by atoms with Crippen LogP contribution >= 0.6 is 0 Å². The van der Waals surface area contributed by atoms with Gasteiger partial charge in [-0.25, -0.2) is 0 Å². The molecule has 2 N–H and O–H groups in total. The van der Waals surface area contributed by atoms with Crippen molar-refractivity contribution >= 4 is 5.71 Å². The lowest BCUT2D eigenvalue weighted by atomic mass is 10.1. The first kappa shape index (κ1) is 14.4. The summed E-state index contributed by atoms with van der Waals surface area (Å²) in [4.78, 5) is 2.15. The van der Waals surface area contributed by atoms with Gasteiger partial charge in [-0.15, -0.1) is 0 Å². The second kappa shape index (κ2) is 8.41. The molecule has 6 nitrogen and oxygen atoms in total. The molecular weight excluding hydrogens is 224 g/mol. The van der Waals surface area contributed by atoms with Crippen molar-refractivity contribution < 1.29 is 19.8 Å². The molecule has 1 atom stereocenters. The highest BCUT2D eigenvalue weighted by atomic mass is 16.5. The molecule has 0 aromatic heterocycles. The molecule has 0 aromatic rings. The molecule has 1 aliphatic rings. The minimum absolute atomic E-state index is 0.334. The Bertz CT molecular complexity index is 226. The maximum Gasteiger partial charge on any atom is 0.0900 e. The number of aliphatic hydroxyl groups excluding tert-OH is 1. The number of nitrogens with zero attached hydrogens (tertiary/aromatic N) is 2. The summed E-state index contributed by atoms with van der Waals surface area (Å²) in [6.07, 6.45) is 1.07. The molecule has 17 heavy (non-hydrogen) atoms. The van der Waals surface area contributed by atoms with E-state index in [1.807, 2.05) is 0 Å². The fourth-order valence-electron chi connectivity index (χ4n) is 1.81. The summed E-state index contributed by atoms with van der Waals surface area (Å²) < 4.78 is 10.1. The Kier molecular flexibility index (Phi) is 7.11. The molecule has 0 aliphatic carbocycles. The first-order chi connectivity index (χ1) is 8.26. The molecule has 1 saturated heterocycles. The Balaban J connectivity index is 2.08. The Labute approximate surface area is 102 Å². The van der Waals surface area contributed by atoms with Crippen LogP contribution in [0.4, 0.5) is 0 Å². The topological polar surface area (TPSA) is 74.5 Å². The Hall–Kier alpha value is -0.690. The lowest BCUT2D eigenvalue weighted by molar-refractivity contribution is -0.000655. The van der Waals surface area contributed by atoms with Gasteiger partial charge in [0.2, 0.25) is 0 Å². The molecule has 1 rings (SSSR count). The highest BCUT2D eigenvalue weighted by Gasteiger charge is 2.18. The zero-order chi connectivity index (χ0) is 12.5. The van der Waals surface area contributed by atoms with Crippen LogP contribution in [0.1, 0.15) is 12.8 Å². The SMILES string of the molecule is COCCOCC(O)CN1CCC(=NO)CC1. The predicted molar refractivity (Wildman–Crippen MR) is 63.6 cm³/mol. The lowest BCUT2D eigenvalue weighted by Crippen LogP contribution is -2.40. The third-order valence-electron chi connectivity index (χ3n) is 2.79. The maximum atomic E-state index is 9.74. The fourth-order valence-corrected chi connectivity index (χ4v) is 1.81. The number of ether oxygens (including phenoxy) is 2. The number of hydrogen-bond acceptors (Lipinski definition) is 6. The van der Waals surface area contributed by atoms with Gasteiger partial charge in [-0.2, -0.15) is 0 Å². The first-order valence-corrected chi connectivity index (χ1v) is 5.93. The van der Waals surface area contributed by atoms with Gasteiger partial charge in [0.05, 0.1) is 31.6 Å². The summed E-state index contributed by atoms with van der Waals surface area (Å²) in [5.41, 5.74) is 0.840. The van der Waals surface area contributed by atoms with E-state index < -0.39 is 6.10 Å². The van der Waals surface area contributed by atoms with Gasteiger partial charge in [0.25, 0.3) is 0 Å². The van der Waals surface area contributed by atoms with Crippen LogP contribution in [0.25, 0.3) is 0 Å². The van der Waals surface area contributed by atoms with E-state index in [0.29, 0.717) is 26.4 Å². The molecule has 6 heteroatoms. The molecule has 100 valence electrons. The number of β-amino-alcohol motifs (C(OH)–C–C–N with tert-alkyl or cyclic N) is 1. The summed E-state index contributed by atoms with van der Waals surface area (Å²) >= 11 is 0. The third kappa shape index (κ3) is 5.97. The zero-order valence-corrected chi connectivity index (χ0v) is 10.3. The monoisotopic (exact) mass is 246 g/mol. The normalized spacial score (nSPS) is 19.3. The summed E-state index contributed by atoms with van der Waals surface area (Å²) in [7, 11) is 1.62. The molecule has 0 radical (unpaired) electrons. The largest absolute Gasteiger partial charge is 0.411 e. The van der Waals surface area contributed by atoms with Crippen molar-refractivity contribution in [2.75, 3.05) is 46.6 Å². The molecule has 0 saturated carbocycles. The number of methoxy groups -OCH3 is 1. The number of piperidine rings is 1. The van der Waals surface area contributed by atoms with Crippen LogP contribution in [0.2, 0.25) is 0 Å². The van der Waals surface area contributed by atoms with E-state index in [2.05, 4.69) is 10.1 Å². The summed E-state index contributed by atoms with van der Waals surface area (Å²) in [6, 6.07) is 0. The van der Waals surface area contributed by atoms with Crippen molar-refractivity contribution in [3.8, 4) is 0 Å².